The number of benzene rings is 3. The van der Waals surface area contributed by atoms with Crippen LogP contribution in [0.25, 0.3) is 78.9 Å². The van der Waals surface area contributed by atoms with Crippen molar-refractivity contribution >= 4 is 82.9 Å². The van der Waals surface area contributed by atoms with Crippen LogP contribution in [0.1, 0.15) is 41.3 Å². The Kier molecular flexibility index (Phi) is 12.1. The molecule has 1 radical (unpaired) electrons. The maximum Gasteiger partial charge on any atom is 2.00 e. The van der Waals surface area contributed by atoms with Crippen LogP contribution in [0.4, 0.5) is 0 Å². The summed E-state index contributed by atoms with van der Waals surface area (Å²) < 4.78 is 96.1. The van der Waals surface area contributed by atoms with Crippen LogP contribution >= 0.6 is 33.5 Å². The molecule has 0 saturated heterocycles. The number of carbonyl (C=O) groups excluding carboxylic acids is 1. The summed E-state index contributed by atoms with van der Waals surface area (Å²) in [4.78, 5) is 51.1. The minimum absolute atomic E-state index is 0. The Labute approximate surface area is 376 Å². The average Bonchev–Trinajstić information content (AvgIpc) is 3.96. The second kappa shape index (κ2) is 17.0. The molecule has 0 fully saturated rings. The number of rotatable bonds is 10. The zero-order valence-electron chi connectivity index (χ0n) is 32.6. The molecule has 3 aromatic carbocycles. The summed E-state index contributed by atoms with van der Waals surface area (Å²) in [5.41, 5.74) is 2.43. The number of nitrogens with one attached hydrogen (secondary N) is 1. The van der Waals surface area contributed by atoms with E-state index < -0.39 is 36.8 Å². The number of hydrogen-bond donors (Lipinski definition) is 8. The van der Waals surface area contributed by atoms with E-state index >= 15 is 0 Å². The van der Waals surface area contributed by atoms with Gasteiger partial charge in [-0.1, -0.05) is 37.3 Å². The fourth-order valence-electron chi connectivity index (χ4n) is 7.40. The predicted octanol–water partition coefficient (Wildman–Crippen LogP) is 7.27. The minimum atomic E-state index is -4.72. The van der Waals surface area contributed by atoms with Gasteiger partial charge in [-0.25, -0.2) is 9.97 Å². The van der Waals surface area contributed by atoms with Gasteiger partial charge in [-0.15, -0.1) is 0 Å². The third kappa shape index (κ3) is 8.62. The van der Waals surface area contributed by atoms with E-state index in [-0.39, 0.29) is 113 Å². The third-order valence-corrected chi connectivity index (χ3v) is 14.1. The Morgan fingerprint density at radius 3 is 2.08 bits per heavy atom. The topological polar surface area (TPSA) is 310 Å². The summed E-state index contributed by atoms with van der Waals surface area (Å²) in [7, 11) is -13.1. The van der Waals surface area contributed by atoms with Gasteiger partial charge in [-0.2, -0.15) is 20.2 Å². The Balaban J connectivity index is 0.00000544. The molecule has 6 aromatic rings. The van der Waals surface area contributed by atoms with Gasteiger partial charge in [-0.05, 0) is 83.0 Å². The number of carbonyl (C=O) groups is 1. The van der Waals surface area contributed by atoms with E-state index in [1.54, 1.807) is 18.2 Å². The monoisotopic (exact) mass is 980 g/mol. The van der Waals surface area contributed by atoms with Crippen LogP contribution in [0.15, 0.2) is 75.4 Å². The molecule has 1 aliphatic carbocycles. The molecule has 63 heavy (non-hydrogen) atoms. The first-order valence-electron chi connectivity index (χ1n) is 18.9. The second-order valence-corrected chi connectivity index (χ2v) is 20.2. The van der Waals surface area contributed by atoms with Crippen LogP contribution in [0.3, 0.4) is 0 Å². The van der Waals surface area contributed by atoms with Crippen LogP contribution < -0.4 is 15.3 Å². The van der Waals surface area contributed by atoms with Crippen molar-refractivity contribution in [1.29, 1.82) is 0 Å². The fraction of sp³-hybridized carbons (Fsp3) is 0.205. The normalized spacial score (nSPS) is 14.0. The quantitative estimate of drug-likeness (QED) is 0.0379. The van der Waals surface area contributed by atoms with Crippen LogP contribution in [0.5, 0.6) is 0 Å². The van der Waals surface area contributed by atoms with Gasteiger partial charge in [0.2, 0.25) is 0 Å². The van der Waals surface area contributed by atoms with Gasteiger partial charge in [0, 0.05) is 68.3 Å². The van der Waals surface area contributed by atoms with Crippen LogP contribution in [-0.2, 0) is 40.0 Å². The molecule has 3 aliphatic rings. The van der Waals surface area contributed by atoms with E-state index in [1.807, 2.05) is 11.8 Å². The molecule has 2 aliphatic heterocycles. The zero-order chi connectivity index (χ0) is 43.7. The first kappa shape index (κ1) is 44.8. The largest absolute Gasteiger partial charge is 2.00 e. The summed E-state index contributed by atoms with van der Waals surface area (Å²) in [5.74, 6) is 1.62. The molecule has 8 bridgehead atoms. The number of amides is 1. The van der Waals surface area contributed by atoms with Crippen molar-refractivity contribution in [2.75, 3.05) is 18.1 Å². The maximum atomic E-state index is 13.9. The van der Waals surface area contributed by atoms with E-state index in [4.69, 9.17) is 24.9 Å². The third-order valence-electron chi connectivity index (χ3n) is 10.4. The molecule has 331 valence electrons. The SMILES string of the molecule is CCSCCCCNC(=O)c1cccc2c1-c1nc-2nc2[n-]c(nc3nc(nc4[n-]c(n1)c1ccc(S(=O)(=O)O)cc41)-c1cc(S(O)(O)O)ccc1-3)c1c2CC=C(S(O)(O)O)C1.[Cu+2]. The van der Waals surface area contributed by atoms with E-state index in [1.165, 1.54) is 36.4 Å². The molecule has 1 amide bonds. The van der Waals surface area contributed by atoms with Gasteiger partial charge in [-0.3, -0.25) is 9.35 Å². The molecule has 0 atom stereocenters. The molecule has 0 saturated carbocycles. The molecule has 3 aromatic heterocycles. The summed E-state index contributed by atoms with van der Waals surface area (Å²) >= 11 is 1.82. The summed E-state index contributed by atoms with van der Waals surface area (Å²) in [5, 5.41) is 3.38. The van der Waals surface area contributed by atoms with Crippen molar-refractivity contribution in [3.05, 3.63) is 82.3 Å². The standard InChI is InChI=1S/C39H36N9O10S4.Cu/c1-2-59-15-4-3-14-40-39(49)26-7-5-6-25-30(26)38-47-33-24-13-10-21(62(56,57)58)18-29(24)37(45-33)46-36-28-17-20(61(53,54)55)9-12-23(28)32(44-36)43-35-27-16-19(60(50,51)52)8-11-22(27)31(42-35)41-34(25)48-38;/h5-10,12-13,17-18H,2-4,11,14-16H2,1H3,(H9-,40,41,42,43,44,45,46,47,48,49,50,51,52,53,54,55,56,57,58);/q-1;+2/p-1. The average molecular weight is 982 g/mol. The van der Waals surface area contributed by atoms with Gasteiger partial charge in [0.25, 0.3) is 16.0 Å². The summed E-state index contributed by atoms with van der Waals surface area (Å²) in [6.45, 7) is 2.51. The number of nitrogens with zero attached hydrogens (tertiary/aromatic N) is 8. The number of allylic oxidation sites excluding steroid dienone is 2. The number of fused-ring (bicyclic) bond motifs is 20. The molecular weight excluding hydrogens is 946 g/mol. The molecule has 0 spiro atoms. The molecule has 19 nitrogen and oxygen atoms in total. The molecule has 5 heterocycles. The number of unbranched alkanes of at least 4 members (excludes halogenated alkanes) is 1. The van der Waals surface area contributed by atoms with Gasteiger partial charge in [0.15, 0.2) is 0 Å². The molecule has 8 N–H and O–H groups in total. The molecule has 9 rings (SSSR count). The van der Waals surface area contributed by atoms with Crippen molar-refractivity contribution in [2.24, 2.45) is 0 Å². The minimum Gasteiger partial charge on any atom is -0.358 e. The van der Waals surface area contributed by atoms with Gasteiger partial charge < -0.3 is 62.5 Å². The Morgan fingerprint density at radius 2 is 1.35 bits per heavy atom. The summed E-state index contributed by atoms with van der Waals surface area (Å²) in [6.07, 6.45) is 3.03. The van der Waals surface area contributed by atoms with E-state index in [0.29, 0.717) is 34.4 Å². The van der Waals surface area contributed by atoms with E-state index in [0.717, 1.165) is 30.4 Å². The maximum absolute atomic E-state index is 13.9. The second-order valence-electron chi connectivity index (χ2n) is 14.3. The Morgan fingerprint density at radius 1 is 0.698 bits per heavy atom. The zero-order valence-corrected chi connectivity index (χ0v) is 36.8. The first-order chi connectivity index (χ1) is 29.5. The number of aromatic nitrogens is 8. The van der Waals surface area contributed by atoms with Crippen molar-refractivity contribution < 1.29 is 62.2 Å². The Hall–Kier alpha value is -4.79. The Bertz CT molecular complexity index is 3190. The van der Waals surface area contributed by atoms with Crippen LogP contribution in [-0.4, -0.2) is 94.1 Å². The van der Waals surface area contributed by atoms with Crippen LogP contribution in [0, 0.1) is 0 Å². The van der Waals surface area contributed by atoms with Crippen LogP contribution in [0.2, 0.25) is 0 Å². The van der Waals surface area contributed by atoms with Gasteiger partial charge in [0.1, 0.15) is 21.7 Å². The first-order valence-corrected chi connectivity index (χ1v) is 24.5. The summed E-state index contributed by atoms with van der Waals surface area (Å²) in [6, 6.07) is 12.7. The molecule has 24 heteroatoms. The van der Waals surface area contributed by atoms with Crippen molar-refractivity contribution in [3.8, 4) is 45.6 Å². The smallest absolute Gasteiger partial charge is 0.358 e. The molecular formula is C39H35CuN9O10S4. The number of hydrogen-bond acceptors (Lipinski definition) is 16. The van der Waals surface area contributed by atoms with Crippen molar-refractivity contribution in [3.63, 3.8) is 0 Å². The molecule has 0 unspecified atom stereocenters. The van der Waals surface area contributed by atoms with Gasteiger partial charge >= 0.3 is 17.1 Å². The van der Waals surface area contributed by atoms with Crippen molar-refractivity contribution in [2.45, 2.75) is 42.4 Å². The van der Waals surface area contributed by atoms with E-state index in [2.05, 4.69) is 27.2 Å². The predicted molar refractivity (Wildman–Crippen MR) is 236 cm³/mol. The van der Waals surface area contributed by atoms with Crippen molar-refractivity contribution in [1.82, 2.24) is 45.2 Å². The fourth-order valence-corrected chi connectivity index (χ4v) is 9.78. The number of thioether (sulfide) groups is 1. The van der Waals surface area contributed by atoms with Gasteiger partial charge in [0.05, 0.1) is 33.1 Å². The van der Waals surface area contributed by atoms with E-state index in [9.17, 15) is 45.1 Å².